The van der Waals surface area contributed by atoms with Gasteiger partial charge in [-0.1, -0.05) is 23.5 Å². The van der Waals surface area contributed by atoms with Crippen molar-refractivity contribution in [3.63, 3.8) is 0 Å². The molecule has 2 saturated heterocycles. The van der Waals surface area contributed by atoms with Crippen LogP contribution in [0.1, 0.15) is 55.4 Å². The van der Waals surface area contributed by atoms with Gasteiger partial charge in [0.05, 0.1) is 27.2 Å². The summed E-state index contributed by atoms with van der Waals surface area (Å²) in [5.74, 6) is -1.19. The molecule has 0 N–H and O–H groups in total. The van der Waals surface area contributed by atoms with Gasteiger partial charge in [-0.2, -0.15) is 0 Å². The van der Waals surface area contributed by atoms with Gasteiger partial charge in [-0.25, -0.2) is 9.59 Å². The van der Waals surface area contributed by atoms with Gasteiger partial charge in [0.1, 0.15) is 0 Å². The number of esters is 2. The van der Waals surface area contributed by atoms with Gasteiger partial charge in [-0.15, -0.1) is 0 Å². The van der Waals surface area contributed by atoms with Gasteiger partial charge in [-0.05, 0) is 55.4 Å². The van der Waals surface area contributed by atoms with Crippen LogP contribution in [0.25, 0.3) is 0 Å². The van der Waals surface area contributed by atoms with E-state index in [9.17, 15) is 9.59 Å². The van der Waals surface area contributed by atoms with E-state index in [4.69, 9.17) is 9.47 Å². The van der Waals surface area contributed by atoms with Crippen LogP contribution in [0.3, 0.4) is 0 Å². The summed E-state index contributed by atoms with van der Waals surface area (Å²) in [6.07, 6.45) is -0.596. The van der Waals surface area contributed by atoms with Crippen LogP contribution < -0.4 is 0 Å². The number of hydrogen-bond donors (Lipinski definition) is 0. The van der Waals surface area contributed by atoms with Crippen molar-refractivity contribution in [1.29, 1.82) is 0 Å². The van der Waals surface area contributed by atoms with Crippen molar-refractivity contribution in [2.45, 2.75) is 90.4 Å². The Morgan fingerprint density at radius 2 is 1.14 bits per heavy atom. The molecule has 0 aromatic carbocycles. The molecule has 0 radical (unpaired) electrons. The molecular weight excluding hydrogens is 396 g/mol. The highest BCUT2D eigenvalue weighted by molar-refractivity contribution is 8.26. The maximum atomic E-state index is 12.8. The third-order valence-electron chi connectivity index (χ3n) is 4.59. The predicted octanol–water partition coefficient (Wildman–Crippen LogP) is 3.67. The van der Waals surface area contributed by atoms with E-state index < -0.39 is 11.9 Å². The summed E-state index contributed by atoms with van der Waals surface area (Å²) in [5, 5.41) is 0.370. The van der Waals surface area contributed by atoms with Gasteiger partial charge in [0, 0.05) is 25.2 Å². The lowest BCUT2D eigenvalue weighted by Gasteiger charge is -2.46. The summed E-state index contributed by atoms with van der Waals surface area (Å²) in [5.41, 5.74) is 0.0409. The lowest BCUT2D eigenvalue weighted by Crippen LogP contribution is -2.58. The van der Waals surface area contributed by atoms with E-state index >= 15 is 0 Å². The van der Waals surface area contributed by atoms with Crippen molar-refractivity contribution >= 4 is 35.5 Å². The van der Waals surface area contributed by atoms with Crippen LogP contribution in [0, 0.1) is 0 Å². The molecule has 0 aromatic heterocycles. The maximum Gasteiger partial charge on any atom is 0.347 e. The Morgan fingerprint density at radius 1 is 0.786 bits per heavy atom. The van der Waals surface area contributed by atoms with Crippen molar-refractivity contribution in [3.8, 4) is 0 Å². The number of hydrogen-bond acceptors (Lipinski definition) is 8. The predicted molar refractivity (Wildman–Crippen MR) is 116 cm³/mol. The molecule has 2 aliphatic heterocycles. The molecule has 0 aromatic rings. The fourth-order valence-corrected chi connectivity index (χ4v) is 7.00. The summed E-state index contributed by atoms with van der Waals surface area (Å²) < 4.78 is 11.5. The summed E-state index contributed by atoms with van der Waals surface area (Å²) in [6, 6.07) is 0.783. The molecule has 8 heteroatoms. The molecule has 6 nitrogen and oxygen atoms in total. The molecule has 0 aliphatic carbocycles. The molecule has 160 valence electrons. The number of carbonyl (C=O) groups excluding carboxylic acids is 2. The topological polar surface area (TPSA) is 59.1 Å². The highest BCUT2D eigenvalue weighted by Crippen LogP contribution is 2.53. The molecule has 0 spiro atoms. The Bertz CT molecular complexity index is 569. The van der Waals surface area contributed by atoms with Gasteiger partial charge in [0.2, 0.25) is 0 Å². The lowest BCUT2D eigenvalue weighted by molar-refractivity contribution is -0.150. The van der Waals surface area contributed by atoms with Crippen LogP contribution in [0.4, 0.5) is 0 Å². The number of carbonyl (C=O) groups is 2. The monoisotopic (exact) mass is 430 g/mol. The third-order valence-corrected chi connectivity index (χ3v) is 7.72. The van der Waals surface area contributed by atoms with E-state index in [1.807, 2.05) is 0 Å². The lowest BCUT2D eigenvalue weighted by atomic mass is 10.2. The molecule has 0 saturated carbocycles. The molecule has 0 amide bonds. The largest absolute Gasteiger partial charge is 0.459 e. The molecule has 0 bridgehead atoms. The highest BCUT2D eigenvalue weighted by Gasteiger charge is 2.47. The number of ether oxygens (including phenoxy) is 2. The average Bonchev–Trinajstić information content (AvgIpc) is 2.95. The molecule has 2 heterocycles. The molecule has 2 rings (SSSR count). The molecule has 2 unspecified atom stereocenters. The van der Waals surface area contributed by atoms with Crippen LogP contribution in [0.5, 0.6) is 0 Å². The second-order valence-electron chi connectivity index (χ2n) is 8.25. The molecule has 2 fully saturated rings. The maximum absolute atomic E-state index is 12.8. The number of fused-ring (bicyclic) bond motifs is 1. The average molecular weight is 431 g/mol. The van der Waals surface area contributed by atoms with E-state index in [2.05, 4.69) is 37.5 Å². The first kappa shape index (κ1) is 23.6. The Kier molecular flexibility index (Phi) is 8.31. The molecule has 2 atom stereocenters. The Hall–Kier alpha value is -0.700. The normalized spacial score (nSPS) is 23.6. The van der Waals surface area contributed by atoms with Gasteiger partial charge >= 0.3 is 11.9 Å². The van der Waals surface area contributed by atoms with Crippen LogP contribution >= 0.6 is 23.5 Å². The summed E-state index contributed by atoms with van der Waals surface area (Å²) in [6.45, 7) is 17.8. The van der Waals surface area contributed by atoms with E-state index in [0.717, 1.165) is 13.1 Å². The Morgan fingerprint density at radius 3 is 1.43 bits per heavy atom. The third kappa shape index (κ3) is 5.46. The zero-order chi connectivity index (χ0) is 21.2. The number of piperazine rings is 1. The Balaban J connectivity index is 2.42. The SMILES string of the molecule is CC(C)OC(=O)C(C(=O)OC(C)C)=C1SC2C(S1)N(C(C)C)CCN2C(C)C. The highest BCUT2D eigenvalue weighted by atomic mass is 32.2. The molecule has 2 aliphatic rings. The first-order valence-electron chi connectivity index (χ1n) is 10.0. The van der Waals surface area contributed by atoms with Crippen molar-refractivity contribution in [1.82, 2.24) is 9.80 Å². The van der Waals surface area contributed by atoms with Crippen molar-refractivity contribution < 1.29 is 19.1 Å². The summed E-state index contributed by atoms with van der Waals surface area (Å²) in [4.78, 5) is 30.4. The first-order chi connectivity index (χ1) is 13.0. The minimum Gasteiger partial charge on any atom is -0.459 e. The zero-order valence-corrected chi connectivity index (χ0v) is 19.9. The van der Waals surface area contributed by atoms with Gasteiger partial charge in [-0.3, -0.25) is 9.80 Å². The van der Waals surface area contributed by atoms with Crippen LogP contribution in [-0.2, 0) is 19.1 Å². The van der Waals surface area contributed by atoms with Crippen molar-refractivity contribution in [3.05, 3.63) is 9.81 Å². The zero-order valence-electron chi connectivity index (χ0n) is 18.2. The fraction of sp³-hybridized carbons (Fsp3) is 0.800. The van der Waals surface area contributed by atoms with Gasteiger partial charge < -0.3 is 9.47 Å². The second-order valence-corrected chi connectivity index (χ2v) is 10.8. The van der Waals surface area contributed by atoms with Crippen molar-refractivity contribution in [2.24, 2.45) is 0 Å². The quantitative estimate of drug-likeness (QED) is 0.274. The van der Waals surface area contributed by atoms with E-state index in [0.29, 0.717) is 16.3 Å². The molecular formula is C20H34N2O4S2. The minimum atomic E-state index is -0.596. The van der Waals surface area contributed by atoms with Gasteiger partial charge in [0.15, 0.2) is 5.57 Å². The van der Waals surface area contributed by atoms with E-state index in [-0.39, 0.29) is 28.5 Å². The van der Waals surface area contributed by atoms with E-state index in [1.54, 1.807) is 51.2 Å². The first-order valence-corrected chi connectivity index (χ1v) is 11.8. The fourth-order valence-electron chi connectivity index (χ4n) is 3.33. The molecule has 28 heavy (non-hydrogen) atoms. The van der Waals surface area contributed by atoms with Crippen molar-refractivity contribution in [2.75, 3.05) is 13.1 Å². The number of nitrogens with zero attached hydrogens (tertiary/aromatic N) is 2. The van der Waals surface area contributed by atoms with E-state index in [1.165, 1.54) is 0 Å². The Labute approximate surface area is 177 Å². The van der Waals surface area contributed by atoms with Crippen LogP contribution in [0.2, 0.25) is 0 Å². The van der Waals surface area contributed by atoms with Gasteiger partial charge in [0.25, 0.3) is 0 Å². The number of rotatable bonds is 6. The number of thioether (sulfide) groups is 2. The smallest absolute Gasteiger partial charge is 0.347 e. The second kappa shape index (κ2) is 9.87. The van der Waals surface area contributed by atoms with Crippen LogP contribution in [-0.4, -0.2) is 69.9 Å². The minimum absolute atomic E-state index is 0.0409. The standard InChI is InChI=1S/C20H34N2O4S2/c1-11(2)21-9-10-22(12(3)4)17-16(21)27-20(28-17)15(18(23)25-13(5)6)19(24)26-14(7)8/h11-14,16-17H,9-10H2,1-8H3. The summed E-state index contributed by atoms with van der Waals surface area (Å²) >= 11 is 3.19. The van der Waals surface area contributed by atoms with Crippen LogP contribution in [0.15, 0.2) is 9.81 Å². The summed E-state index contributed by atoms with van der Waals surface area (Å²) in [7, 11) is 0.